The number of benzene rings is 2. The predicted molar refractivity (Wildman–Crippen MR) is 122 cm³/mol. The van der Waals surface area contributed by atoms with Crippen LogP contribution in [0.2, 0.25) is 5.02 Å². The maximum atomic E-state index is 12.5. The number of carbonyl (C=O) groups is 1. The van der Waals surface area contributed by atoms with Gasteiger partial charge in [-0.05, 0) is 49.3 Å². The molecule has 28 heavy (non-hydrogen) atoms. The van der Waals surface area contributed by atoms with Crippen molar-refractivity contribution in [2.45, 2.75) is 13.8 Å². The highest BCUT2D eigenvalue weighted by Crippen LogP contribution is 2.40. The van der Waals surface area contributed by atoms with Gasteiger partial charge in [-0.15, -0.1) is 11.3 Å². The smallest absolute Gasteiger partial charge is 0.341 e. The van der Waals surface area contributed by atoms with Crippen LogP contribution in [-0.2, 0) is 4.74 Å². The summed E-state index contributed by atoms with van der Waals surface area (Å²) in [4.78, 5) is 13.5. The minimum Gasteiger partial charge on any atom is -0.465 e. The second-order valence-electron chi connectivity index (χ2n) is 6.13. The third-order valence-electron chi connectivity index (χ3n) is 4.21. The Bertz CT molecular complexity index is 1030. The number of rotatable bonds is 4. The van der Waals surface area contributed by atoms with E-state index in [0.29, 0.717) is 20.7 Å². The number of hydrogen-bond acceptors (Lipinski definition) is 4. The molecule has 1 heterocycles. The molecule has 0 bridgehead atoms. The summed E-state index contributed by atoms with van der Waals surface area (Å²) >= 11 is 13.0. The SMILES string of the molecule is COC(=O)c1c(NC(=S)Nc2cc(Cl)ccc2C)sc(C)c1-c1ccccc1. The molecule has 7 heteroatoms. The van der Waals surface area contributed by atoms with Crippen LogP contribution in [0, 0.1) is 13.8 Å². The maximum absolute atomic E-state index is 12.5. The minimum atomic E-state index is -0.410. The number of halogens is 1. The molecule has 0 spiro atoms. The van der Waals surface area contributed by atoms with Gasteiger partial charge in [0.2, 0.25) is 0 Å². The highest BCUT2D eigenvalue weighted by Gasteiger charge is 2.24. The van der Waals surface area contributed by atoms with Gasteiger partial charge in [-0.2, -0.15) is 0 Å². The van der Waals surface area contributed by atoms with Crippen molar-refractivity contribution in [1.82, 2.24) is 0 Å². The lowest BCUT2D eigenvalue weighted by Crippen LogP contribution is -2.20. The summed E-state index contributed by atoms with van der Waals surface area (Å²) in [5.74, 6) is -0.410. The summed E-state index contributed by atoms with van der Waals surface area (Å²) in [6.45, 7) is 3.94. The fraction of sp³-hybridized carbons (Fsp3) is 0.143. The Balaban J connectivity index is 1.94. The van der Waals surface area contributed by atoms with Crippen LogP contribution in [0.15, 0.2) is 48.5 Å². The van der Waals surface area contributed by atoms with E-state index >= 15 is 0 Å². The van der Waals surface area contributed by atoms with Gasteiger partial charge in [0, 0.05) is 21.2 Å². The van der Waals surface area contributed by atoms with E-state index in [1.54, 1.807) is 6.07 Å². The number of nitrogens with one attached hydrogen (secondary N) is 2. The van der Waals surface area contributed by atoms with Crippen molar-refractivity contribution in [2.24, 2.45) is 0 Å². The van der Waals surface area contributed by atoms with E-state index < -0.39 is 5.97 Å². The first-order chi connectivity index (χ1) is 13.4. The average molecular weight is 431 g/mol. The van der Waals surface area contributed by atoms with Crippen molar-refractivity contribution in [2.75, 3.05) is 17.7 Å². The normalized spacial score (nSPS) is 10.4. The summed E-state index contributed by atoms with van der Waals surface area (Å²) in [5.41, 5.74) is 4.09. The molecule has 4 nitrogen and oxygen atoms in total. The van der Waals surface area contributed by atoms with E-state index in [1.165, 1.54) is 18.4 Å². The van der Waals surface area contributed by atoms with Crippen molar-refractivity contribution in [3.8, 4) is 11.1 Å². The molecule has 0 atom stereocenters. The number of carbonyl (C=O) groups excluding carboxylic acids is 1. The van der Waals surface area contributed by atoms with E-state index in [9.17, 15) is 4.79 Å². The maximum Gasteiger partial charge on any atom is 0.341 e. The number of esters is 1. The summed E-state index contributed by atoms with van der Waals surface area (Å²) in [5, 5.41) is 7.92. The van der Waals surface area contributed by atoms with Gasteiger partial charge in [-0.25, -0.2) is 4.79 Å². The molecule has 2 N–H and O–H groups in total. The van der Waals surface area contributed by atoms with Gasteiger partial charge in [-0.1, -0.05) is 48.0 Å². The Morgan fingerprint density at radius 3 is 2.50 bits per heavy atom. The van der Waals surface area contributed by atoms with Gasteiger partial charge >= 0.3 is 5.97 Å². The van der Waals surface area contributed by atoms with Crippen LogP contribution in [0.4, 0.5) is 10.7 Å². The molecule has 0 aliphatic rings. The second-order valence-corrected chi connectivity index (χ2v) is 8.20. The molecule has 1 aromatic heterocycles. The summed E-state index contributed by atoms with van der Waals surface area (Å²) < 4.78 is 5.03. The molecule has 144 valence electrons. The first kappa shape index (κ1) is 20.3. The fourth-order valence-corrected chi connectivity index (χ4v) is 4.38. The molecule has 0 saturated carbocycles. The monoisotopic (exact) mass is 430 g/mol. The number of thiocarbonyl (C=S) groups is 1. The molecule has 0 aliphatic carbocycles. The first-order valence-electron chi connectivity index (χ1n) is 8.52. The molecular formula is C21H19ClN2O2S2. The van der Waals surface area contributed by atoms with Crippen LogP contribution in [0.5, 0.6) is 0 Å². The van der Waals surface area contributed by atoms with Crippen LogP contribution >= 0.6 is 35.2 Å². The standard InChI is InChI=1S/C21H19ClN2O2S2/c1-12-9-10-15(22)11-16(12)23-21(27)24-19-18(20(25)26-3)17(13(2)28-19)14-7-5-4-6-8-14/h4-11H,1-3H3,(H2,23,24,27). The molecule has 3 rings (SSSR count). The Hall–Kier alpha value is -2.41. The van der Waals surface area contributed by atoms with Gasteiger partial charge in [0.15, 0.2) is 5.11 Å². The highest BCUT2D eigenvalue weighted by molar-refractivity contribution is 7.80. The lowest BCUT2D eigenvalue weighted by molar-refractivity contribution is 0.0603. The van der Waals surface area contributed by atoms with Crippen molar-refractivity contribution in [3.63, 3.8) is 0 Å². The van der Waals surface area contributed by atoms with E-state index in [-0.39, 0.29) is 0 Å². The molecular weight excluding hydrogens is 412 g/mol. The molecule has 0 radical (unpaired) electrons. The van der Waals surface area contributed by atoms with Gasteiger partial charge in [0.1, 0.15) is 10.6 Å². The zero-order valence-corrected chi connectivity index (χ0v) is 18.0. The van der Waals surface area contributed by atoms with E-state index in [1.807, 2.05) is 56.3 Å². The quantitative estimate of drug-likeness (QED) is 0.376. The third-order valence-corrected chi connectivity index (χ3v) is 5.67. The largest absolute Gasteiger partial charge is 0.465 e. The molecule has 3 aromatic rings. The number of ether oxygens (including phenoxy) is 1. The van der Waals surface area contributed by atoms with Crippen molar-refractivity contribution < 1.29 is 9.53 Å². The van der Waals surface area contributed by atoms with E-state index in [2.05, 4.69) is 10.6 Å². The third kappa shape index (κ3) is 4.35. The lowest BCUT2D eigenvalue weighted by Gasteiger charge is -2.13. The summed E-state index contributed by atoms with van der Waals surface area (Å²) in [7, 11) is 1.37. The van der Waals surface area contributed by atoms with Crippen molar-refractivity contribution in [1.29, 1.82) is 0 Å². The second kappa shape index (κ2) is 8.73. The van der Waals surface area contributed by atoms with Crippen molar-refractivity contribution >= 4 is 56.9 Å². The highest BCUT2D eigenvalue weighted by atomic mass is 35.5. The number of anilines is 2. The summed E-state index contributed by atoms with van der Waals surface area (Å²) in [6.07, 6.45) is 0. The van der Waals surface area contributed by atoms with Crippen LogP contribution in [-0.4, -0.2) is 18.2 Å². The number of hydrogen-bond donors (Lipinski definition) is 2. The Morgan fingerprint density at radius 1 is 1.11 bits per heavy atom. The Morgan fingerprint density at radius 2 is 1.82 bits per heavy atom. The molecule has 2 aromatic carbocycles. The van der Waals surface area contributed by atoms with E-state index in [0.717, 1.165) is 27.3 Å². The van der Waals surface area contributed by atoms with Gasteiger partial charge in [-0.3, -0.25) is 0 Å². The van der Waals surface area contributed by atoms with Crippen LogP contribution < -0.4 is 10.6 Å². The summed E-state index contributed by atoms with van der Waals surface area (Å²) in [6, 6.07) is 15.3. The molecule has 0 amide bonds. The van der Waals surface area contributed by atoms with E-state index in [4.69, 9.17) is 28.6 Å². The molecule has 0 fully saturated rings. The topological polar surface area (TPSA) is 50.4 Å². The lowest BCUT2D eigenvalue weighted by atomic mass is 10.0. The van der Waals surface area contributed by atoms with Crippen LogP contribution in [0.3, 0.4) is 0 Å². The van der Waals surface area contributed by atoms with Gasteiger partial charge < -0.3 is 15.4 Å². The van der Waals surface area contributed by atoms with Gasteiger partial charge in [0.25, 0.3) is 0 Å². The minimum absolute atomic E-state index is 0.372. The molecule has 0 unspecified atom stereocenters. The van der Waals surface area contributed by atoms with Gasteiger partial charge in [0.05, 0.1) is 7.11 Å². The zero-order chi connectivity index (χ0) is 20.3. The predicted octanol–water partition coefficient (Wildman–Crippen LogP) is 6.28. The number of methoxy groups -OCH3 is 1. The molecule has 0 aliphatic heterocycles. The average Bonchev–Trinajstić information content (AvgIpc) is 3.00. The Labute approximate surface area is 178 Å². The molecule has 0 saturated heterocycles. The zero-order valence-electron chi connectivity index (χ0n) is 15.6. The Kier molecular flexibility index (Phi) is 6.34. The van der Waals surface area contributed by atoms with Crippen LogP contribution in [0.1, 0.15) is 20.8 Å². The van der Waals surface area contributed by atoms with Crippen LogP contribution in [0.25, 0.3) is 11.1 Å². The fourth-order valence-electron chi connectivity index (χ4n) is 2.87. The van der Waals surface area contributed by atoms with Crippen molar-refractivity contribution in [3.05, 3.63) is 69.6 Å². The number of thiophene rings is 1. The first-order valence-corrected chi connectivity index (χ1v) is 10.1. The number of aryl methyl sites for hydroxylation is 2.